The van der Waals surface area contributed by atoms with Crippen LogP contribution in [0.4, 0.5) is 14.9 Å². The number of rotatable bonds is 2. The van der Waals surface area contributed by atoms with Crippen LogP contribution in [-0.4, -0.2) is 26.5 Å². The summed E-state index contributed by atoms with van der Waals surface area (Å²) < 4.78 is 17.6. The lowest BCUT2D eigenvalue weighted by Gasteiger charge is -2.17. The first-order valence-corrected chi connectivity index (χ1v) is 4.17. The second kappa shape index (κ2) is 4.54. The van der Waals surface area contributed by atoms with Crippen LogP contribution >= 0.6 is 0 Å². The Kier molecular flexibility index (Phi) is 3.38. The molecule has 0 atom stereocenters. The number of nitrogens with zero attached hydrogens (tertiary/aromatic N) is 1. The van der Waals surface area contributed by atoms with Crippen molar-refractivity contribution >= 4 is 18.1 Å². The Bertz CT molecular complexity index is 392. The lowest BCUT2D eigenvalue weighted by molar-refractivity contribution is 0.112. The van der Waals surface area contributed by atoms with E-state index < -0.39 is 11.9 Å². The minimum absolute atomic E-state index is 0.162. The van der Waals surface area contributed by atoms with E-state index in [1.54, 1.807) is 0 Å². The zero-order chi connectivity index (χ0) is 11.4. The minimum Gasteiger partial charge on any atom is -0.452 e. The number of halogens is 1. The van der Waals surface area contributed by atoms with Crippen molar-refractivity contribution in [2.75, 3.05) is 19.1 Å². The molecule has 0 unspecified atom stereocenters. The number of ether oxygens (including phenoxy) is 1. The van der Waals surface area contributed by atoms with Crippen molar-refractivity contribution in [3.8, 4) is 0 Å². The maximum absolute atomic E-state index is 13.2. The highest BCUT2D eigenvalue weighted by Gasteiger charge is 2.16. The van der Waals surface area contributed by atoms with Gasteiger partial charge in [0.15, 0.2) is 6.29 Å². The first kappa shape index (κ1) is 11.2. The molecule has 1 aromatic carbocycles. The molecule has 0 aromatic heterocycles. The molecule has 0 saturated heterocycles. The van der Waals surface area contributed by atoms with Crippen LogP contribution in [0.25, 0.3) is 0 Å². The van der Waals surface area contributed by atoms with E-state index in [2.05, 4.69) is 4.74 Å². The first-order chi connectivity index (χ1) is 7.11. The number of hydrogen-bond donors (Lipinski definition) is 0. The maximum atomic E-state index is 13.2. The van der Waals surface area contributed by atoms with E-state index in [9.17, 15) is 14.0 Å². The third-order valence-electron chi connectivity index (χ3n) is 1.96. The van der Waals surface area contributed by atoms with E-state index >= 15 is 0 Å². The van der Waals surface area contributed by atoms with Gasteiger partial charge in [-0.2, -0.15) is 0 Å². The number of amides is 1. The van der Waals surface area contributed by atoms with Gasteiger partial charge in [0, 0.05) is 7.05 Å². The Morgan fingerprint density at radius 1 is 1.53 bits per heavy atom. The summed E-state index contributed by atoms with van der Waals surface area (Å²) in [4.78, 5) is 22.9. The molecule has 4 nitrogen and oxygen atoms in total. The maximum Gasteiger partial charge on any atom is 0.413 e. The van der Waals surface area contributed by atoms with Gasteiger partial charge in [0.2, 0.25) is 0 Å². The van der Waals surface area contributed by atoms with Crippen LogP contribution in [0.3, 0.4) is 0 Å². The Morgan fingerprint density at radius 3 is 2.73 bits per heavy atom. The molecule has 1 amide bonds. The molecule has 5 heteroatoms. The highest BCUT2D eigenvalue weighted by atomic mass is 19.1. The summed E-state index contributed by atoms with van der Waals surface area (Å²) in [5.41, 5.74) is 0.0160. The normalized spacial score (nSPS) is 9.53. The summed E-state index contributed by atoms with van der Waals surface area (Å²) in [6, 6.07) is 4.03. The summed E-state index contributed by atoms with van der Waals surface area (Å²) in [6.07, 6.45) is -0.298. The second-order valence-electron chi connectivity index (χ2n) is 2.82. The zero-order valence-electron chi connectivity index (χ0n) is 8.36. The van der Waals surface area contributed by atoms with Crippen LogP contribution in [0.2, 0.25) is 0 Å². The van der Waals surface area contributed by atoms with Crippen molar-refractivity contribution in [3.63, 3.8) is 0 Å². The number of carbonyl (C=O) groups is 2. The summed E-state index contributed by atoms with van der Waals surface area (Å²) in [7, 11) is 2.60. The van der Waals surface area contributed by atoms with E-state index in [-0.39, 0.29) is 11.3 Å². The van der Waals surface area contributed by atoms with Crippen molar-refractivity contribution in [3.05, 3.63) is 29.6 Å². The third kappa shape index (κ3) is 2.12. The molecule has 0 aliphatic rings. The Morgan fingerprint density at radius 2 is 2.20 bits per heavy atom. The zero-order valence-corrected chi connectivity index (χ0v) is 8.36. The molecule has 0 saturated carbocycles. The topological polar surface area (TPSA) is 46.6 Å². The molecule has 80 valence electrons. The van der Waals surface area contributed by atoms with Gasteiger partial charge in [-0.25, -0.2) is 9.18 Å². The van der Waals surface area contributed by atoms with Crippen molar-refractivity contribution in [1.29, 1.82) is 0 Å². The van der Waals surface area contributed by atoms with Gasteiger partial charge in [-0.1, -0.05) is 6.07 Å². The van der Waals surface area contributed by atoms with Gasteiger partial charge in [0.1, 0.15) is 5.82 Å². The largest absolute Gasteiger partial charge is 0.452 e. The van der Waals surface area contributed by atoms with Gasteiger partial charge >= 0.3 is 6.09 Å². The van der Waals surface area contributed by atoms with Gasteiger partial charge in [0.25, 0.3) is 0 Å². The van der Waals surface area contributed by atoms with Crippen LogP contribution in [0.5, 0.6) is 0 Å². The first-order valence-electron chi connectivity index (χ1n) is 4.17. The summed E-state index contributed by atoms with van der Waals surface area (Å²) in [5.74, 6) is -0.668. The molecular weight excluding hydrogens is 201 g/mol. The molecule has 0 aliphatic carbocycles. The number of hydrogen-bond acceptors (Lipinski definition) is 3. The summed E-state index contributed by atoms with van der Waals surface area (Å²) in [5, 5.41) is 0. The molecule has 0 N–H and O–H groups in total. The van der Waals surface area contributed by atoms with Crippen molar-refractivity contribution < 1.29 is 18.7 Å². The highest BCUT2D eigenvalue weighted by molar-refractivity contribution is 5.94. The van der Waals surface area contributed by atoms with Gasteiger partial charge in [0.05, 0.1) is 18.4 Å². The standard InChI is InChI=1S/C10H10FNO3/c1-12(10(14)15-2)9-5-3-4-8(11)7(9)6-13/h3-6H,1-2H3. The van der Waals surface area contributed by atoms with Gasteiger partial charge in [-0.15, -0.1) is 0 Å². The van der Waals surface area contributed by atoms with E-state index in [0.717, 1.165) is 11.0 Å². The van der Waals surface area contributed by atoms with E-state index in [1.807, 2.05) is 0 Å². The molecule has 0 radical (unpaired) electrons. The van der Waals surface area contributed by atoms with Crippen LogP contribution in [0.15, 0.2) is 18.2 Å². The summed E-state index contributed by atoms with van der Waals surface area (Å²) >= 11 is 0. The number of carbonyl (C=O) groups excluding carboxylic acids is 2. The lowest BCUT2D eigenvalue weighted by Crippen LogP contribution is -2.27. The smallest absolute Gasteiger partial charge is 0.413 e. The van der Waals surface area contributed by atoms with E-state index in [4.69, 9.17) is 0 Å². The Hall–Kier alpha value is -1.91. The molecule has 0 fully saturated rings. The molecule has 0 spiro atoms. The molecule has 0 bridgehead atoms. The monoisotopic (exact) mass is 211 g/mol. The Labute approximate surface area is 86.3 Å². The van der Waals surface area contributed by atoms with Gasteiger partial charge in [-0.3, -0.25) is 9.69 Å². The SMILES string of the molecule is COC(=O)N(C)c1cccc(F)c1C=O. The summed E-state index contributed by atoms with van der Waals surface area (Å²) in [6.45, 7) is 0. The van der Waals surface area contributed by atoms with Crippen LogP contribution in [0.1, 0.15) is 10.4 Å². The predicted molar refractivity (Wildman–Crippen MR) is 52.6 cm³/mol. The van der Waals surface area contributed by atoms with Crippen LogP contribution < -0.4 is 4.90 Å². The van der Waals surface area contributed by atoms with Gasteiger partial charge in [-0.05, 0) is 12.1 Å². The second-order valence-corrected chi connectivity index (χ2v) is 2.82. The van der Waals surface area contributed by atoms with Crippen molar-refractivity contribution in [2.24, 2.45) is 0 Å². The minimum atomic E-state index is -0.668. The molecule has 0 heterocycles. The average Bonchev–Trinajstić information content (AvgIpc) is 2.26. The fraction of sp³-hybridized carbons (Fsp3) is 0.200. The van der Waals surface area contributed by atoms with E-state index in [1.165, 1.54) is 26.3 Å². The quantitative estimate of drug-likeness (QED) is 0.701. The fourth-order valence-corrected chi connectivity index (χ4v) is 1.17. The molecular formula is C10H10FNO3. The average molecular weight is 211 g/mol. The van der Waals surface area contributed by atoms with Crippen LogP contribution in [-0.2, 0) is 4.74 Å². The van der Waals surface area contributed by atoms with Gasteiger partial charge < -0.3 is 4.74 Å². The van der Waals surface area contributed by atoms with Crippen molar-refractivity contribution in [1.82, 2.24) is 0 Å². The predicted octanol–water partition coefficient (Wildman–Crippen LogP) is 1.84. The molecule has 0 aliphatic heterocycles. The number of methoxy groups -OCH3 is 1. The number of benzene rings is 1. The lowest BCUT2D eigenvalue weighted by atomic mass is 10.1. The Balaban J connectivity index is 3.19. The number of anilines is 1. The van der Waals surface area contributed by atoms with Crippen LogP contribution in [0, 0.1) is 5.82 Å². The highest BCUT2D eigenvalue weighted by Crippen LogP contribution is 2.20. The molecule has 15 heavy (non-hydrogen) atoms. The number of aldehydes is 1. The fourth-order valence-electron chi connectivity index (χ4n) is 1.17. The third-order valence-corrected chi connectivity index (χ3v) is 1.96. The van der Waals surface area contributed by atoms with Crippen molar-refractivity contribution in [2.45, 2.75) is 0 Å². The molecule has 1 rings (SSSR count). The molecule has 1 aromatic rings. The van der Waals surface area contributed by atoms with E-state index in [0.29, 0.717) is 6.29 Å².